The summed E-state index contributed by atoms with van der Waals surface area (Å²) in [5.74, 6) is 0.115. The lowest BCUT2D eigenvalue weighted by Gasteiger charge is -2.06. The summed E-state index contributed by atoms with van der Waals surface area (Å²) >= 11 is 0. The minimum atomic E-state index is -0.574. The van der Waals surface area contributed by atoms with E-state index in [0.29, 0.717) is 12.0 Å². The van der Waals surface area contributed by atoms with Crippen LogP contribution >= 0.6 is 0 Å². The van der Waals surface area contributed by atoms with Crippen LogP contribution in [0.15, 0.2) is 30.5 Å². The van der Waals surface area contributed by atoms with E-state index in [1.54, 1.807) is 10.7 Å². The van der Waals surface area contributed by atoms with Gasteiger partial charge in [-0.1, -0.05) is 0 Å². The van der Waals surface area contributed by atoms with Crippen molar-refractivity contribution in [2.24, 2.45) is 0 Å². The van der Waals surface area contributed by atoms with Crippen LogP contribution in [0.1, 0.15) is 35.9 Å². The number of aromatic nitrogens is 2. The first kappa shape index (κ1) is 14.7. The van der Waals surface area contributed by atoms with Crippen LogP contribution in [-0.2, 0) is 6.61 Å². The molecule has 7 nitrogen and oxygen atoms in total. The number of carbonyl (C=O) groups is 1. The van der Waals surface area contributed by atoms with E-state index >= 15 is 0 Å². The molecule has 0 aliphatic heterocycles. The zero-order valence-electron chi connectivity index (χ0n) is 11.7. The van der Waals surface area contributed by atoms with E-state index in [1.165, 1.54) is 18.2 Å². The Morgan fingerprint density at radius 3 is 2.76 bits per heavy atom. The number of nitrogens with zero attached hydrogens (tertiary/aromatic N) is 3. The summed E-state index contributed by atoms with van der Waals surface area (Å²) in [6, 6.07) is 6.12. The minimum absolute atomic E-state index is 0.115. The highest BCUT2D eigenvalue weighted by atomic mass is 16.6. The monoisotopic (exact) mass is 289 g/mol. The van der Waals surface area contributed by atoms with Gasteiger partial charge >= 0.3 is 5.69 Å². The van der Waals surface area contributed by atoms with Crippen LogP contribution in [-0.4, -0.2) is 21.0 Å². The molecular weight excluding hydrogens is 274 g/mol. The fourth-order valence-electron chi connectivity index (χ4n) is 1.77. The van der Waals surface area contributed by atoms with Gasteiger partial charge in [-0.2, -0.15) is 5.10 Å². The zero-order chi connectivity index (χ0) is 15.4. The van der Waals surface area contributed by atoms with Gasteiger partial charge in [-0.15, -0.1) is 0 Å². The summed E-state index contributed by atoms with van der Waals surface area (Å²) in [6.45, 7) is 4.13. The van der Waals surface area contributed by atoms with Gasteiger partial charge in [0.1, 0.15) is 12.9 Å². The summed E-state index contributed by atoms with van der Waals surface area (Å²) in [5.41, 5.74) is 0.679. The summed E-state index contributed by atoms with van der Waals surface area (Å²) in [6.07, 6.45) is 2.38. The molecule has 7 heteroatoms. The highest BCUT2D eigenvalue weighted by molar-refractivity contribution is 5.77. The topological polar surface area (TPSA) is 87.3 Å². The fraction of sp³-hybridized carbons (Fsp3) is 0.286. The lowest BCUT2D eigenvalue weighted by atomic mass is 10.2. The molecule has 21 heavy (non-hydrogen) atoms. The number of nitro groups is 1. The smallest absolute Gasteiger partial charge is 0.311 e. The van der Waals surface area contributed by atoms with Gasteiger partial charge in [0.05, 0.1) is 10.6 Å². The molecule has 0 saturated carbocycles. The number of aldehydes is 1. The summed E-state index contributed by atoms with van der Waals surface area (Å²) < 4.78 is 7.22. The third kappa shape index (κ3) is 3.44. The molecular formula is C14H15N3O4. The first-order valence-electron chi connectivity index (χ1n) is 6.41. The van der Waals surface area contributed by atoms with Crippen LogP contribution < -0.4 is 4.74 Å². The van der Waals surface area contributed by atoms with Crippen molar-refractivity contribution in [2.45, 2.75) is 26.5 Å². The first-order chi connectivity index (χ1) is 10.0. The Balaban J connectivity index is 2.15. The molecule has 2 rings (SSSR count). The molecule has 0 N–H and O–H groups in total. The van der Waals surface area contributed by atoms with Gasteiger partial charge in [0, 0.05) is 23.9 Å². The molecule has 2 aromatic rings. The molecule has 0 radical (unpaired) electrons. The zero-order valence-corrected chi connectivity index (χ0v) is 11.7. The number of rotatable bonds is 6. The van der Waals surface area contributed by atoms with Crippen molar-refractivity contribution in [1.29, 1.82) is 0 Å². The number of benzene rings is 1. The number of nitro benzene ring substituents is 1. The molecule has 0 bridgehead atoms. The molecule has 0 aliphatic rings. The van der Waals surface area contributed by atoms with Crippen LogP contribution in [0.2, 0.25) is 0 Å². The Morgan fingerprint density at radius 1 is 1.43 bits per heavy atom. The lowest BCUT2D eigenvalue weighted by Crippen LogP contribution is -2.04. The Bertz CT molecular complexity index is 664. The van der Waals surface area contributed by atoms with E-state index < -0.39 is 4.92 Å². The van der Waals surface area contributed by atoms with Crippen molar-refractivity contribution in [3.8, 4) is 5.75 Å². The quantitative estimate of drug-likeness (QED) is 0.463. The summed E-state index contributed by atoms with van der Waals surface area (Å²) in [7, 11) is 0. The minimum Gasteiger partial charge on any atom is -0.480 e. The van der Waals surface area contributed by atoms with Crippen molar-refractivity contribution < 1.29 is 14.5 Å². The third-order valence-electron chi connectivity index (χ3n) is 2.88. The molecule has 0 unspecified atom stereocenters. The molecule has 1 aromatic carbocycles. The second kappa shape index (κ2) is 6.17. The van der Waals surface area contributed by atoms with E-state index in [0.717, 1.165) is 0 Å². The maximum absolute atomic E-state index is 11.0. The van der Waals surface area contributed by atoms with Crippen LogP contribution in [0.4, 0.5) is 5.69 Å². The van der Waals surface area contributed by atoms with Crippen LogP contribution in [0.25, 0.3) is 0 Å². The summed E-state index contributed by atoms with van der Waals surface area (Å²) in [4.78, 5) is 21.1. The van der Waals surface area contributed by atoms with Gasteiger partial charge in [-0.3, -0.25) is 19.6 Å². The van der Waals surface area contributed by atoms with Gasteiger partial charge in [-0.25, -0.2) is 0 Å². The van der Waals surface area contributed by atoms with Crippen molar-refractivity contribution in [3.05, 3.63) is 51.8 Å². The first-order valence-corrected chi connectivity index (χ1v) is 6.41. The maximum Gasteiger partial charge on any atom is 0.311 e. The second-order valence-electron chi connectivity index (χ2n) is 4.77. The van der Waals surface area contributed by atoms with E-state index in [1.807, 2.05) is 20.0 Å². The predicted molar refractivity (Wildman–Crippen MR) is 75.4 cm³/mol. The van der Waals surface area contributed by atoms with Crippen LogP contribution in [0, 0.1) is 10.1 Å². The standard InChI is InChI=1S/C14H15N3O4/c1-10(2)16-6-5-12(15-16)9-21-14-4-3-11(8-18)7-13(14)17(19)20/h3-8,10H,9H2,1-2H3. The molecule has 0 spiro atoms. The van der Waals surface area contributed by atoms with Gasteiger partial charge < -0.3 is 4.74 Å². The number of hydrogen-bond acceptors (Lipinski definition) is 5. The van der Waals surface area contributed by atoms with Crippen molar-refractivity contribution >= 4 is 12.0 Å². The molecule has 1 aromatic heterocycles. The maximum atomic E-state index is 11.0. The Hall–Kier alpha value is -2.70. The third-order valence-corrected chi connectivity index (χ3v) is 2.88. The predicted octanol–water partition coefficient (Wildman–Crippen LogP) is 2.76. The molecule has 0 saturated heterocycles. The number of hydrogen-bond donors (Lipinski definition) is 0. The van der Waals surface area contributed by atoms with Crippen molar-refractivity contribution in [1.82, 2.24) is 9.78 Å². The van der Waals surface area contributed by atoms with Crippen molar-refractivity contribution in [2.75, 3.05) is 0 Å². The van der Waals surface area contributed by atoms with E-state index in [4.69, 9.17) is 4.74 Å². The molecule has 0 atom stereocenters. The van der Waals surface area contributed by atoms with Gasteiger partial charge in [0.25, 0.3) is 0 Å². The normalized spacial score (nSPS) is 10.6. The van der Waals surface area contributed by atoms with Gasteiger partial charge in [0.15, 0.2) is 5.75 Å². The lowest BCUT2D eigenvalue weighted by molar-refractivity contribution is -0.386. The average Bonchev–Trinajstić information content (AvgIpc) is 2.94. The van der Waals surface area contributed by atoms with Gasteiger partial charge in [0.2, 0.25) is 0 Å². The Morgan fingerprint density at radius 2 is 2.19 bits per heavy atom. The molecule has 0 aliphatic carbocycles. The van der Waals surface area contributed by atoms with E-state index in [9.17, 15) is 14.9 Å². The van der Waals surface area contributed by atoms with Crippen LogP contribution in [0.3, 0.4) is 0 Å². The molecule has 1 heterocycles. The largest absolute Gasteiger partial charge is 0.480 e. The fourth-order valence-corrected chi connectivity index (χ4v) is 1.77. The number of ether oxygens (including phenoxy) is 1. The highest BCUT2D eigenvalue weighted by Gasteiger charge is 2.16. The van der Waals surface area contributed by atoms with Crippen molar-refractivity contribution in [3.63, 3.8) is 0 Å². The average molecular weight is 289 g/mol. The Labute approximate surface area is 121 Å². The van der Waals surface area contributed by atoms with Gasteiger partial charge in [-0.05, 0) is 32.0 Å². The van der Waals surface area contributed by atoms with Crippen LogP contribution in [0.5, 0.6) is 5.75 Å². The number of carbonyl (C=O) groups excluding carboxylic acids is 1. The second-order valence-corrected chi connectivity index (χ2v) is 4.77. The summed E-state index contributed by atoms with van der Waals surface area (Å²) in [5, 5.41) is 15.3. The highest BCUT2D eigenvalue weighted by Crippen LogP contribution is 2.28. The molecule has 0 amide bonds. The molecule has 0 fully saturated rings. The SMILES string of the molecule is CC(C)n1ccc(COc2ccc(C=O)cc2[N+](=O)[O-])n1. The van der Waals surface area contributed by atoms with E-state index in [-0.39, 0.29) is 29.6 Å². The van der Waals surface area contributed by atoms with E-state index in [2.05, 4.69) is 5.10 Å². The Kier molecular flexibility index (Phi) is 4.32. The molecule has 110 valence electrons.